The van der Waals surface area contributed by atoms with E-state index >= 15 is 0 Å². The number of ketones is 1. The second kappa shape index (κ2) is 10.2. The van der Waals surface area contributed by atoms with Crippen LogP contribution in [0.3, 0.4) is 0 Å². The van der Waals surface area contributed by atoms with Gasteiger partial charge in [-0.05, 0) is 25.0 Å². The van der Waals surface area contributed by atoms with Gasteiger partial charge in [0, 0.05) is 12.0 Å². The first-order valence-electron chi connectivity index (χ1n) is 8.74. The number of rotatable bonds is 0. The molecule has 2 bridgehead atoms. The van der Waals surface area contributed by atoms with Crippen LogP contribution in [0.5, 0.6) is 0 Å². The average molecular weight is 318 g/mol. The summed E-state index contributed by atoms with van der Waals surface area (Å²) in [5.74, 6) is -0.456. The van der Waals surface area contributed by atoms with E-state index in [0.29, 0.717) is 24.2 Å². The first kappa shape index (κ1) is 17.7. The van der Waals surface area contributed by atoms with Crippen LogP contribution >= 0.6 is 0 Å². The van der Waals surface area contributed by atoms with Crippen molar-refractivity contribution in [3.05, 3.63) is 35.4 Å². The van der Waals surface area contributed by atoms with E-state index in [0.717, 1.165) is 25.7 Å². The molecule has 0 spiro atoms. The molecule has 1 aliphatic rings. The standard InChI is InChI=1S/C19H26O4/c20-18-13-8-6-4-2-1-3-5-7-9-14-22-23-19(21)17-12-10-11-16(18)15-17/h10-12,15H,1-9,13-14H2. The molecule has 1 aromatic carbocycles. The highest BCUT2D eigenvalue weighted by Gasteiger charge is 2.12. The molecule has 4 heteroatoms. The lowest BCUT2D eigenvalue weighted by molar-refractivity contribution is -0.241. The molecule has 23 heavy (non-hydrogen) atoms. The number of hydrogen-bond donors (Lipinski definition) is 0. The van der Waals surface area contributed by atoms with Crippen LogP contribution in [0.4, 0.5) is 0 Å². The summed E-state index contributed by atoms with van der Waals surface area (Å²) in [5.41, 5.74) is 0.928. The van der Waals surface area contributed by atoms with Gasteiger partial charge in [-0.15, -0.1) is 0 Å². The predicted octanol–water partition coefficient (Wildman–Crippen LogP) is 4.87. The summed E-state index contributed by atoms with van der Waals surface area (Å²) in [6.07, 6.45) is 10.7. The van der Waals surface area contributed by atoms with Gasteiger partial charge in [0.25, 0.3) is 0 Å². The van der Waals surface area contributed by atoms with Crippen LogP contribution in [-0.2, 0) is 9.78 Å². The summed E-state index contributed by atoms with van der Waals surface area (Å²) >= 11 is 0. The van der Waals surface area contributed by atoms with Crippen LogP contribution in [0, 0.1) is 0 Å². The fourth-order valence-electron chi connectivity index (χ4n) is 2.79. The Bertz CT molecular complexity index is 469. The maximum Gasteiger partial charge on any atom is 0.373 e. The highest BCUT2D eigenvalue weighted by atomic mass is 17.2. The average Bonchev–Trinajstić information content (AvgIpc) is 2.58. The van der Waals surface area contributed by atoms with Crippen molar-refractivity contribution >= 4 is 11.8 Å². The lowest BCUT2D eigenvalue weighted by Crippen LogP contribution is -2.08. The van der Waals surface area contributed by atoms with Gasteiger partial charge in [-0.2, -0.15) is 4.89 Å². The Morgan fingerprint density at radius 2 is 1.35 bits per heavy atom. The molecule has 126 valence electrons. The van der Waals surface area contributed by atoms with Crippen molar-refractivity contribution in [2.24, 2.45) is 0 Å². The van der Waals surface area contributed by atoms with Gasteiger partial charge >= 0.3 is 5.97 Å². The van der Waals surface area contributed by atoms with Crippen molar-refractivity contribution < 1.29 is 19.4 Å². The van der Waals surface area contributed by atoms with E-state index in [1.54, 1.807) is 24.3 Å². The molecule has 1 aromatic rings. The Kier molecular flexibility index (Phi) is 7.81. The predicted molar refractivity (Wildman–Crippen MR) is 88.3 cm³/mol. The largest absolute Gasteiger partial charge is 0.373 e. The molecule has 0 aliphatic carbocycles. The third kappa shape index (κ3) is 6.53. The van der Waals surface area contributed by atoms with Gasteiger partial charge in [0.15, 0.2) is 5.78 Å². The molecule has 0 N–H and O–H groups in total. The third-order valence-electron chi connectivity index (χ3n) is 4.19. The van der Waals surface area contributed by atoms with Crippen LogP contribution in [0.15, 0.2) is 24.3 Å². The molecular formula is C19H26O4. The molecule has 0 aromatic heterocycles. The molecule has 2 rings (SSSR count). The number of fused-ring (bicyclic) bond motifs is 2. The minimum absolute atomic E-state index is 0.0849. The van der Waals surface area contributed by atoms with E-state index in [1.165, 1.54) is 32.1 Å². The van der Waals surface area contributed by atoms with Gasteiger partial charge in [-0.3, -0.25) is 9.68 Å². The Morgan fingerprint density at radius 1 is 0.739 bits per heavy atom. The van der Waals surface area contributed by atoms with Crippen molar-refractivity contribution in [1.29, 1.82) is 0 Å². The summed E-state index contributed by atoms with van der Waals surface area (Å²) in [7, 11) is 0. The number of Topliss-reactive ketones (excluding diaryl/α,β-unsaturated/α-hetero) is 1. The van der Waals surface area contributed by atoms with Crippen molar-refractivity contribution in [2.45, 2.75) is 64.2 Å². The summed E-state index contributed by atoms with van der Waals surface area (Å²) in [5, 5.41) is 0. The van der Waals surface area contributed by atoms with Crippen molar-refractivity contribution in [2.75, 3.05) is 6.61 Å². The molecular weight excluding hydrogens is 292 g/mol. The lowest BCUT2D eigenvalue weighted by atomic mass is 10.0. The van der Waals surface area contributed by atoms with Gasteiger partial charge in [0.05, 0.1) is 12.2 Å². The van der Waals surface area contributed by atoms with Crippen LogP contribution in [-0.4, -0.2) is 18.4 Å². The third-order valence-corrected chi connectivity index (χ3v) is 4.19. The van der Waals surface area contributed by atoms with E-state index < -0.39 is 5.97 Å². The highest BCUT2D eigenvalue weighted by Crippen LogP contribution is 2.15. The molecule has 0 unspecified atom stereocenters. The minimum atomic E-state index is -0.541. The molecule has 4 nitrogen and oxygen atoms in total. The summed E-state index contributed by atoms with van der Waals surface area (Å²) in [4.78, 5) is 33.9. The van der Waals surface area contributed by atoms with Crippen LogP contribution < -0.4 is 0 Å². The SMILES string of the molecule is O=C1CCCCCCCCCCCOOC(=O)c2cccc1c2. The maximum atomic E-state index is 12.2. The highest BCUT2D eigenvalue weighted by molar-refractivity contribution is 5.99. The molecule has 0 saturated carbocycles. The Labute approximate surface area is 138 Å². The van der Waals surface area contributed by atoms with E-state index in [4.69, 9.17) is 9.78 Å². The fraction of sp³-hybridized carbons (Fsp3) is 0.579. The number of carbonyl (C=O) groups is 2. The summed E-state index contributed by atoms with van der Waals surface area (Å²) < 4.78 is 0. The topological polar surface area (TPSA) is 52.6 Å². The van der Waals surface area contributed by atoms with E-state index in [1.807, 2.05) is 0 Å². The molecule has 1 aliphatic heterocycles. The minimum Gasteiger partial charge on any atom is -0.294 e. The number of carbonyl (C=O) groups excluding carboxylic acids is 2. The normalized spacial score (nSPS) is 19.5. The number of hydrogen-bond acceptors (Lipinski definition) is 4. The van der Waals surface area contributed by atoms with Crippen molar-refractivity contribution in [1.82, 2.24) is 0 Å². The second-order valence-electron chi connectivity index (χ2n) is 6.13. The van der Waals surface area contributed by atoms with Gasteiger partial charge in [-0.25, -0.2) is 4.79 Å². The lowest BCUT2D eigenvalue weighted by Gasteiger charge is -2.07. The quantitative estimate of drug-likeness (QED) is 0.640. The second-order valence-corrected chi connectivity index (χ2v) is 6.13. The molecule has 0 radical (unpaired) electrons. The zero-order chi connectivity index (χ0) is 16.3. The van der Waals surface area contributed by atoms with Crippen LogP contribution in [0.2, 0.25) is 0 Å². The molecule has 0 amide bonds. The molecule has 0 atom stereocenters. The molecule has 0 saturated heterocycles. The van der Waals surface area contributed by atoms with Gasteiger partial charge in [-0.1, -0.05) is 57.1 Å². The van der Waals surface area contributed by atoms with Crippen molar-refractivity contribution in [3.8, 4) is 0 Å². The maximum absolute atomic E-state index is 12.2. The Morgan fingerprint density at radius 3 is 2.09 bits per heavy atom. The Balaban J connectivity index is 1.96. The van der Waals surface area contributed by atoms with E-state index in [2.05, 4.69) is 0 Å². The van der Waals surface area contributed by atoms with Gasteiger partial charge < -0.3 is 0 Å². The van der Waals surface area contributed by atoms with E-state index in [9.17, 15) is 9.59 Å². The summed E-state index contributed by atoms with van der Waals surface area (Å²) in [6, 6.07) is 6.69. The smallest absolute Gasteiger partial charge is 0.294 e. The fourth-order valence-corrected chi connectivity index (χ4v) is 2.79. The molecule has 0 fully saturated rings. The molecule has 1 heterocycles. The zero-order valence-corrected chi connectivity index (χ0v) is 13.7. The van der Waals surface area contributed by atoms with Crippen LogP contribution in [0.1, 0.15) is 84.9 Å². The monoisotopic (exact) mass is 318 g/mol. The first-order chi connectivity index (χ1) is 11.3. The van der Waals surface area contributed by atoms with Gasteiger partial charge in [0.1, 0.15) is 0 Å². The first-order valence-corrected chi connectivity index (χ1v) is 8.74. The van der Waals surface area contributed by atoms with E-state index in [-0.39, 0.29) is 5.78 Å². The van der Waals surface area contributed by atoms with Crippen molar-refractivity contribution in [3.63, 3.8) is 0 Å². The van der Waals surface area contributed by atoms with Gasteiger partial charge in [0.2, 0.25) is 0 Å². The zero-order valence-electron chi connectivity index (χ0n) is 13.7. The number of benzene rings is 1. The van der Waals surface area contributed by atoms with Crippen LogP contribution in [0.25, 0.3) is 0 Å². The Hall–Kier alpha value is -1.68. The summed E-state index contributed by atoms with van der Waals surface area (Å²) in [6.45, 7) is 0.421.